The summed E-state index contributed by atoms with van der Waals surface area (Å²) in [6.07, 6.45) is 1.03. The molecule has 0 aromatic heterocycles. The van der Waals surface area contributed by atoms with E-state index in [1.807, 2.05) is 6.92 Å². The fourth-order valence-electron chi connectivity index (χ4n) is 4.82. The first-order valence-corrected chi connectivity index (χ1v) is 7.97. The van der Waals surface area contributed by atoms with Crippen LogP contribution >= 0.6 is 0 Å². The number of esters is 1. The fraction of sp³-hybridized carbons (Fsp3) is 0.929. The van der Waals surface area contributed by atoms with Crippen LogP contribution in [0.4, 0.5) is 0 Å². The summed E-state index contributed by atoms with van der Waals surface area (Å²) >= 11 is 0. The van der Waals surface area contributed by atoms with Crippen molar-refractivity contribution in [3.05, 3.63) is 0 Å². The highest BCUT2D eigenvalue weighted by Gasteiger charge is 2.60. The minimum absolute atomic E-state index is 0.0158. The van der Waals surface area contributed by atoms with Gasteiger partial charge in [-0.25, -0.2) is 9.69 Å². The first kappa shape index (κ1) is 13.0. The van der Waals surface area contributed by atoms with Gasteiger partial charge >= 0.3 is 5.97 Å². The average molecular weight is 281 g/mol. The molecule has 4 rings (SSSR count). The average Bonchev–Trinajstić information content (AvgIpc) is 2.99. The van der Waals surface area contributed by atoms with Crippen LogP contribution in [0.25, 0.3) is 0 Å². The molecule has 4 aliphatic rings. The maximum atomic E-state index is 12.1. The lowest BCUT2D eigenvalue weighted by Crippen LogP contribution is -2.74. The monoisotopic (exact) mass is 281 g/mol. The van der Waals surface area contributed by atoms with Gasteiger partial charge in [0, 0.05) is 32.7 Å². The van der Waals surface area contributed by atoms with Crippen LogP contribution in [0.15, 0.2) is 0 Å². The van der Waals surface area contributed by atoms with Gasteiger partial charge in [0.25, 0.3) is 0 Å². The number of nitrogens with zero attached hydrogens (tertiary/aromatic N) is 4. The summed E-state index contributed by atoms with van der Waals surface area (Å²) in [5, 5.41) is 0. The second kappa shape index (κ2) is 4.66. The van der Waals surface area contributed by atoms with Crippen LogP contribution in [0.1, 0.15) is 6.92 Å². The van der Waals surface area contributed by atoms with Crippen LogP contribution in [0.2, 0.25) is 0 Å². The van der Waals surface area contributed by atoms with E-state index in [1.54, 1.807) is 0 Å². The van der Waals surface area contributed by atoms with Gasteiger partial charge in [-0.3, -0.25) is 14.3 Å². The second-order valence-electron chi connectivity index (χ2n) is 6.56. The van der Waals surface area contributed by atoms with Gasteiger partial charge in [0.05, 0.1) is 26.2 Å². The topological polar surface area (TPSA) is 36.0 Å². The molecule has 0 aromatic carbocycles. The Morgan fingerprint density at radius 3 is 2.35 bits per heavy atom. The van der Waals surface area contributed by atoms with Crippen molar-refractivity contribution in [2.45, 2.75) is 19.3 Å². The fourth-order valence-corrected chi connectivity index (χ4v) is 4.82. The smallest absolute Gasteiger partial charge is 0.361 e. The number of rotatable bonds is 3. The molecule has 20 heavy (non-hydrogen) atoms. The second-order valence-corrected chi connectivity index (χ2v) is 6.56. The van der Waals surface area contributed by atoms with Crippen LogP contribution < -0.4 is 0 Å². The Morgan fingerprint density at radius 1 is 1.05 bits per heavy atom. The molecule has 0 aliphatic carbocycles. The molecule has 0 N–H and O–H groups in total. The molecule has 0 bridgehead atoms. The SMILES string of the molecule is CCOC(=O)C[N+]12CCN3CCN4CCN(CC1)C2C43. The van der Waals surface area contributed by atoms with Gasteiger partial charge < -0.3 is 4.74 Å². The number of quaternary nitrogens is 1. The summed E-state index contributed by atoms with van der Waals surface area (Å²) in [5.74, 6) is -0.0158. The number of hydrogen-bond acceptors (Lipinski definition) is 5. The summed E-state index contributed by atoms with van der Waals surface area (Å²) in [6.45, 7) is 12.2. The first-order valence-electron chi connectivity index (χ1n) is 7.97. The van der Waals surface area contributed by atoms with Gasteiger partial charge in [-0.1, -0.05) is 0 Å². The van der Waals surface area contributed by atoms with E-state index in [0.29, 0.717) is 25.5 Å². The molecule has 3 atom stereocenters. The van der Waals surface area contributed by atoms with Crippen molar-refractivity contribution in [1.29, 1.82) is 0 Å². The van der Waals surface area contributed by atoms with Crippen LogP contribution in [0.5, 0.6) is 0 Å². The van der Waals surface area contributed by atoms with Gasteiger partial charge in [0.1, 0.15) is 6.17 Å². The highest BCUT2D eigenvalue weighted by Crippen LogP contribution is 2.38. The largest absolute Gasteiger partial charge is 0.462 e. The van der Waals surface area contributed by atoms with Crippen molar-refractivity contribution in [3.63, 3.8) is 0 Å². The maximum absolute atomic E-state index is 12.1. The third-order valence-corrected chi connectivity index (χ3v) is 5.71. The Morgan fingerprint density at radius 2 is 1.65 bits per heavy atom. The zero-order valence-corrected chi connectivity index (χ0v) is 12.3. The van der Waals surface area contributed by atoms with Gasteiger partial charge in [-0.15, -0.1) is 0 Å². The summed E-state index contributed by atoms with van der Waals surface area (Å²) < 4.78 is 6.18. The van der Waals surface area contributed by atoms with Crippen LogP contribution in [0.3, 0.4) is 0 Å². The van der Waals surface area contributed by atoms with Crippen molar-refractivity contribution in [3.8, 4) is 0 Å². The van der Waals surface area contributed by atoms with E-state index in [-0.39, 0.29) is 5.97 Å². The Hall–Kier alpha value is -0.690. The molecule has 4 aliphatic heterocycles. The van der Waals surface area contributed by atoms with E-state index in [1.165, 1.54) is 19.6 Å². The summed E-state index contributed by atoms with van der Waals surface area (Å²) in [4.78, 5) is 19.9. The van der Waals surface area contributed by atoms with Gasteiger partial charge in [-0.05, 0) is 6.92 Å². The van der Waals surface area contributed by atoms with Crippen molar-refractivity contribution >= 4 is 5.97 Å². The van der Waals surface area contributed by atoms with E-state index in [2.05, 4.69) is 14.7 Å². The predicted molar refractivity (Wildman–Crippen MR) is 73.8 cm³/mol. The lowest BCUT2D eigenvalue weighted by molar-refractivity contribution is -0.947. The Balaban J connectivity index is 1.61. The van der Waals surface area contributed by atoms with E-state index < -0.39 is 0 Å². The van der Waals surface area contributed by atoms with E-state index >= 15 is 0 Å². The molecule has 112 valence electrons. The predicted octanol–water partition coefficient (Wildman–Crippen LogP) is -1.02. The molecular formula is C14H25N4O2+. The first-order chi connectivity index (χ1) is 9.73. The third-order valence-electron chi connectivity index (χ3n) is 5.71. The Labute approximate surface area is 120 Å². The lowest BCUT2D eigenvalue weighted by atomic mass is 10.1. The standard InChI is InChI=1S/C14H25N4O2/c1-2-20-12(19)11-18-9-7-16-4-3-15-5-6-17(8-10-18)14(18)13(15)16/h13-14H,2-11H2,1H3/q+1. The molecular weight excluding hydrogens is 256 g/mol. The van der Waals surface area contributed by atoms with Crippen molar-refractivity contribution in [1.82, 2.24) is 14.7 Å². The molecule has 4 fully saturated rings. The van der Waals surface area contributed by atoms with Crippen molar-refractivity contribution in [2.24, 2.45) is 0 Å². The minimum Gasteiger partial charge on any atom is -0.462 e. The van der Waals surface area contributed by atoms with E-state index in [4.69, 9.17) is 4.74 Å². The van der Waals surface area contributed by atoms with E-state index in [9.17, 15) is 4.79 Å². The van der Waals surface area contributed by atoms with Crippen LogP contribution in [-0.2, 0) is 9.53 Å². The molecule has 4 heterocycles. The lowest BCUT2D eigenvalue weighted by Gasteiger charge is -2.53. The molecule has 0 saturated carbocycles. The number of hydrogen-bond donors (Lipinski definition) is 0. The normalized spacial score (nSPS) is 40.9. The minimum atomic E-state index is -0.0158. The molecule has 0 amide bonds. The molecule has 0 spiro atoms. The molecule has 3 unspecified atom stereocenters. The Bertz CT molecular complexity index is 412. The molecule has 6 heteroatoms. The highest BCUT2D eigenvalue weighted by molar-refractivity contribution is 5.70. The maximum Gasteiger partial charge on any atom is 0.361 e. The molecule has 0 radical (unpaired) electrons. The Kier molecular flexibility index (Phi) is 3.03. The van der Waals surface area contributed by atoms with Crippen molar-refractivity contribution in [2.75, 3.05) is 65.5 Å². The number of carbonyl (C=O) groups is 1. The number of ether oxygens (including phenoxy) is 1. The number of piperazine rings is 2. The summed E-state index contributed by atoms with van der Waals surface area (Å²) in [7, 11) is 0. The van der Waals surface area contributed by atoms with E-state index in [0.717, 1.165) is 37.2 Å². The summed E-state index contributed by atoms with van der Waals surface area (Å²) in [6, 6.07) is 0. The van der Waals surface area contributed by atoms with Gasteiger partial charge in [-0.2, -0.15) is 0 Å². The number of carbonyl (C=O) groups excluding carboxylic acids is 1. The zero-order chi connectivity index (χ0) is 13.7. The quantitative estimate of drug-likeness (QED) is 0.489. The zero-order valence-electron chi connectivity index (χ0n) is 12.3. The molecule has 6 nitrogen and oxygen atoms in total. The summed E-state index contributed by atoms with van der Waals surface area (Å²) in [5.41, 5.74) is 0. The molecule has 0 aromatic rings. The highest BCUT2D eigenvalue weighted by atomic mass is 16.5. The van der Waals surface area contributed by atoms with Gasteiger partial charge in [0.2, 0.25) is 0 Å². The van der Waals surface area contributed by atoms with Crippen LogP contribution in [-0.4, -0.2) is 103 Å². The van der Waals surface area contributed by atoms with Gasteiger partial charge in [0.15, 0.2) is 12.7 Å². The third kappa shape index (κ3) is 1.75. The van der Waals surface area contributed by atoms with Crippen LogP contribution in [0, 0.1) is 0 Å². The van der Waals surface area contributed by atoms with Crippen molar-refractivity contribution < 1.29 is 14.0 Å². The molecule has 4 saturated heterocycles.